The molecule has 2 unspecified atom stereocenters. The van der Waals surface area contributed by atoms with Gasteiger partial charge in [-0.1, -0.05) is 141 Å². The first-order chi connectivity index (χ1) is 23.8. The summed E-state index contributed by atoms with van der Waals surface area (Å²) in [5, 5.41) is 9.63. The number of aliphatic hydroxyl groups is 1. The minimum atomic E-state index is -0.652. The summed E-state index contributed by atoms with van der Waals surface area (Å²) in [6, 6.07) is 0. The molecular formula is C43H82BrNO5. The molecule has 0 bridgehead atoms. The van der Waals surface area contributed by atoms with Crippen LogP contribution in [0.25, 0.3) is 0 Å². The van der Waals surface area contributed by atoms with Gasteiger partial charge in [0.1, 0.15) is 6.54 Å². The smallest absolute Gasteiger partial charge is 0.310 e. The molecule has 0 aliphatic carbocycles. The predicted molar refractivity (Wildman–Crippen MR) is 208 cm³/mol. The number of nitrogens with zero attached hydrogens (tertiary/aromatic N) is 1. The summed E-state index contributed by atoms with van der Waals surface area (Å²) in [7, 11) is 3.81. The molecule has 0 aliphatic heterocycles. The quantitative estimate of drug-likeness (QED) is 0.0227. The van der Waals surface area contributed by atoms with E-state index in [1.807, 2.05) is 14.1 Å². The highest BCUT2D eigenvalue weighted by molar-refractivity contribution is 5.70. The summed E-state index contributed by atoms with van der Waals surface area (Å²) in [6.45, 7) is 6.69. The number of halogens is 1. The van der Waals surface area contributed by atoms with Crippen LogP contribution in [0.15, 0.2) is 24.3 Å². The molecule has 0 rings (SSSR count). The van der Waals surface area contributed by atoms with E-state index in [2.05, 4.69) is 38.2 Å². The van der Waals surface area contributed by atoms with Crippen LogP contribution in [0.2, 0.25) is 0 Å². The summed E-state index contributed by atoms with van der Waals surface area (Å²) in [5.41, 5.74) is 0. The van der Waals surface area contributed by atoms with Crippen LogP contribution in [0, 0.1) is 0 Å². The molecule has 0 amide bonds. The van der Waals surface area contributed by atoms with Crippen molar-refractivity contribution in [2.45, 2.75) is 213 Å². The predicted octanol–water partition coefficient (Wildman–Crippen LogP) is 8.94. The minimum Gasteiger partial charge on any atom is -1.00 e. The minimum absolute atomic E-state index is 0. The van der Waals surface area contributed by atoms with Gasteiger partial charge >= 0.3 is 11.9 Å². The van der Waals surface area contributed by atoms with Crippen LogP contribution >= 0.6 is 0 Å². The number of ether oxygens (including phenoxy) is 2. The zero-order valence-corrected chi connectivity index (χ0v) is 35.2. The van der Waals surface area contributed by atoms with Crippen molar-refractivity contribution in [2.24, 2.45) is 0 Å². The van der Waals surface area contributed by atoms with Gasteiger partial charge < -0.3 is 31.6 Å². The third-order valence-corrected chi connectivity index (χ3v) is 9.62. The number of hydrogen-bond acceptors (Lipinski definition) is 5. The zero-order valence-electron chi connectivity index (χ0n) is 33.6. The fraction of sp³-hybridized carbons (Fsp3) is 0.860. The molecule has 0 aromatic carbocycles. The topological polar surface area (TPSA) is 72.8 Å². The molecule has 0 spiro atoms. The Morgan fingerprint density at radius 3 is 1.22 bits per heavy atom. The van der Waals surface area contributed by atoms with E-state index in [-0.39, 0.29) is 40.0 Å². The average Bonchev–Trinajstić information content (AvgIpc) is 3.07. The zero-order chi connectivity index (χ0) is 36.3. The van der Waals surface area contributed by atoms with Crippen molar-refractivity contribution in [2.75, 3.05) is 27.2 Å². The van der Waals surface area contributed by atoms with E-state index in [1.165, 1.54) is 116 Å². The molecule has 50 heavy (non-hydrogen) atoms. The standard InChI is InChI=1S/C43H82NO5.BrH/c1-6-8-10-12-14-16-18-20-22-24-26-28-30-32-34-36-41(46)48-40(3)43(44(4,5)38-39-45)49-42(47)37-35-33-31-29-27-25-23-21-19-17-15-13-11-9-7-2;/h20-23,40,43,45H,6-19,24-39H2,1-5H3;1H/q+1;/p-1/b22-20-,23-21-;. The van der Waals surface area contributed by atoms with Gasteiger partial charge in [0.15, 0.2) is 6.10 Å². The number of carbonyl (C=O) groups is 2. The Morgan fingerprint density at radius 2 is 0.860 bits per heavy atom. The van der Waals surface area contributed by atoms with Crippen molar-refractivity contribution in [3.63, 3.8) is 0 Å². The van der Waals surface area contributed by atoms with Crippen LogP contribution in [-0.4, -0.2) is 61.1 Å². The molecule has 2 atom stereocenters. The highest BCUT2D eigenvalue weighted by Crippen LogP contribution is 2.19. The summed E-state index contributed by atoms with van der Waals surface area (Å²) < 4.78 is 11.9. The number of carbonyl (C=O) groups excluding carboxylic acids is 2. The Balaban J connectivity index is 0. The van der Waals surface area contributed by atoms with Gasteiger partial charge in [-0.2, -0.15) is 0 Å². The van der Waals surface area contributed by atoms with Gasteiger partial charge in [0.2, 0.25) is 0 Å². The fourth-order valence-electron chi connectivity index (χ4n) is 6.39. The lowest BCUT2D eigenvalue weighted by molar-refractivity contribution is -0.938. The van der Waals surface area contributed by atoms with Crippen molar-refractivity contribution in [1.82, 2.24) is 0 Å². The van der Waals surface area contributed by atoms with Crippen LogP contribution in [0.1, 0.15) is 201 Å². The van der Waals surface area contributed by atoms with Crippen molar-refractivity contribution in [1.29, 1.82) is 0 Å². The number of allylic oxidation sites excluding steroid dienone is 4. The molecule has 1 N–H and O–H groups in total. The molecular weight excluding hydrogens is 690 g/mol. The third kappa shape index (κ3) is 32.7. The molecule has 6 nitrogen and oxygen atoms in total. The van der Waals surface area contributed by atoms with Gasteiger partial charge in [0.25, 0.3) is 6.23 Å². The maximum atomic E-state index is 12.8. The first kappa shape index (κ1) is 50.9. The monoisotopic (exact) mass is 772 g/mol. The third-order valence-electron chi connectivity index (χ3n) is 9.62. The van der Waals surface area contributed by atoms with E-state index < -0.39 is 12.3 Å². The molecule has 0 saturated carbocycles. The van der Waals surface area contributed by atoms with Crippen LogP contribution in [0.3, 0.4) is 0 Å². The highest BCUT2D eigenvalue weighted by Gasteiger charge is 2.38. The lowest BCUT2D eigenvalue weighted by atomic mass is 10.1. The summed E-state index contributed by atoms with van der Waals surface area (Å²) >= 11 is 0. The second kappa shape index (κ2) is 37.6. The van der Waals surface area contributed by atoms with Crippen molar-refractivity contribution >= 4 is 11.9 Å². The van der Waals surface area contributed by atoms with E-state index >= 15 is 0 Å². The van der Waals surface area contributed by atoms with E-state index in [0.29, 0.717) is 19.4 Å². The molecule has 7 heteroatoms. The molecule has 0 aromatic heterocycles. The number of hydrogen-bond donors (Lipinski definition) is 1. The number of aliphatic hydroxyl groups excluding tert-OH is 1. The normalized spacial score (nSPS) is 13.1. The molecule has 0 aliphatic rings. The molecule has 0 heterocycles. The second-order valence-corrected chi connectivity index (χ2v) is 15.0. The lowest BCUT2D eigenvalue weighted by Crippen LogP contribution is -3.00. The summed E-state index contributed by atoms with van der Waals surface area (Å²) in [4.78, 5) is 25.5. The maximum absolute atomic E-state index is 12.8. The van der Waals surface area contributed by atoms with Gasteiger partial charge in [0, 0.05) is 12.8 Å². The van der Waals surface area contributed by atoms with E-state index in [0.717, 1.165) is 51.4 Å². The Labute approximate surface area is 321 Å². The first-order valence-electron chi connectivity index (χ1n) is 20.9. The maximum Gasteiger partial charge on any atom is 0.310 e. The molecule has 0 saturated heterocycles. The van der Waals surface area contributed by atoms with Gasteiger partial charge in [-0.3, -0.25) is 14.1 Å². The Morgan fingerprint density at radius 1 is 0.540 bits per heavy atom. The average molecular weight is 773 g/mol. The van der Waals surface area contributed by atoms with Gasteiger partial charge in [-0.25, -0.2) is 0 Å². The van der Waals surface area contributed by atoms with Crippen LogP contribution in [0.5, 0.6) is 0 Å². The first-order valence-corrected chi connectivity index (χ1v) is 20.9. The van der Waals surface area contributed by atoms with Crippen LogP contribution in [0.4, 0.5) is 0 Å². The summed E-state index contributed by atoms with van der Waals surface area (Å²) in [6.07, 6.45) is 40.5. The molecule has 0 fully saturated rings. The van der Waals surface area contributed by atoms with Crippen molar-refractivity contribution in [3.8, 4) is 0 Å². The van der Waals surface area contributed by atoms with Crippen LogP contribution in [-0.2, 0) is 19.1 Å². The van der Waals surface area contributed by atoms with Gasteiger partial charge in [-0.15, -0.1) is 0 Å². The van der Waals surface area contributed by atoms with Gasteiger partial charge in [0.05, 0.1) is 20.7 Å². The van der Waals surface area contributed by atoms with Crippen molar-refractivity contribution in [3.05, 3.63) is 24.3 Å². The van der Waals surface area contributed by atoms with E-state index in [1.54, 1.807) is 6.92 Å². The van der Waals surface area contributed by atoms with Gasteiger partial charge in [-0.05, 0) is 71.1 Å². The molecule has 0 radical (unpaired) electrons. The Bertz CT molecular complexity index is 815. The number of likely N-dealkylation sites (N-methyl/N-ethyl adjacent to an activating group) is 1. The Kier molecular flexibility index (Phi) is 38.3. The summed E-state index contributed by atoms with van der Waals surface area (Å²) in [5.74, 6) is -0.501. The molecule has 0 aromatic rings. The number of quaternary nitrogens is 1. The van der Waals surface area contributed by atoms with Crippen LogP contribution < -0.4 is 17.0 Å². The SMILES string of the molecule is CCCCCCCC/C=C\CCCCCCCC(=O)OC(C)C(OC(=O)CCCCCCC/C=C\CCCCCCCC)[N+](C)(C)CCO.[Br-]. The highest BCUT2D eigenvalue weighted by atomic mass is 79.9. The number of unbranched alkanes of at least 4 members (excludes halogenated alkanes) is 22. The van der Waals surface area contributed by atoms with E-state index in [4.69, 9.17) is 9.47 Å². The Hall–Kier alpha value is -1.18. The van der Waals surface area contributed by atoms with E-state index in [9.17, 15) is 14.7 Å². The van der Waals surface area contributed by atoms with Crippen molar-refractivity contribution < 1.29 is 45.6 Å². The largest absolute Gasteiger partial charge is 1.00 e. The number of rotatable bonds is 36. The lowest BCUT2D eigenvalue weighted by Gasteiger charge is -2.38. The molecule has 296 valence electrons. The number of esters is 2. The fourth-order valence-corrected chi connectivity index (χ4v) is 6.39. The second-order valence-electron chi connectivity index (χ2n) is 15.0.